The number of aryl methyl sites for hydroxylation is 2. The number of amides is 1. The van der Waals surface area contributed by atoms with Crippen LogP contribution in [0.15, 0.2) is 24.3 Å². The highest BCUT2D eigenvalue weighted by molar-refractivity contribution is 6.20. The average Bonchev–Trinajstić information content (AvgIpc) is 2.46. The number of nitrogens with one attached hydrogen (secondary N) is 1. The molecule has 1 N–H and O–H groups in total. The largest absolute Gasteiger partial charge is 0.356 e. The molecule has 0 bridgehead atoms. The molecule has 2 rings (SSSR count). The minimum Gasteiger partial charge on any atom is -0.356 e. The number of hydrogen-bond donors (Lipinski definition) is 1. The number of carbonyl (C=O) groups is 1. The third-order valence-corrected chi connectivity index (χ3v) is 4.71. The molecular formula is C17H24ClNO. The molecule has 1 aliphatic rings. The zero-order valence-corrected chi connectivity index (χ0v) is 13.0. The van der Waals surface area contributed by atoms with E-state index >= 15 is 0 Å². The molecule has 1 aromatic carbocycles. The molecule has 0 saturated heterocycles. The van der Waals surface area contributed by atoms with Crippen molar-refractivity contribution in [2.45, 2.75) is 50.8 Å². The summed E-state index contributed by atoms with van der Waals surface area (Å²) < 4.78 is 0. The number of alkyl halides is 1. The van der Waals surface area contributed by atoms with E-state index in [1.165, 1.54) is 24.0 Å². The zero-order chi connectivity index (χ0) is 14.4. The molecule has 0 aliphatic heterocycles. The van der Waals surface area contributed by atoms with E-state index in [9.17, 15) is 4.79 Å². The standard InChI is InChI=1S/C17H24ClNO/c1-13-6-8-14(9-7-13)10-11-17(20)19-12-15-4-2-3-5-16(15)18/h6-9,15-16H,2-5,10-12H2,1H3,(H,19,20). The van der Waals surface area contributed by atoms with Crippen LogP contribution < -0.4 is 5.32 Å². The summed E-state index contributed by atoms with van der Waals surface area (Å²) in [6, 6.07) is 8.37. The fraction of sp³-hybridized carbons (Fsp3) is 0.588. The van der Waals surface area contributed by atoms with Crippen LogP contribution in [0.25, 0.3) is 0 Å². The predicted molar refractivity (Wildman–Crippen MR) is 84.1 cm³/mol. The Hall–Kier alpha value is -1.02. The second-order valence-corrected chi connectivity index (χ2v) is 6.41. The van der Waals surface area contributed by atoms with E-state index in [2.05, 4.69) is 36.5 Å². The topological polar surface area (TPSA) is 29.1 Å². The molecule has 110 valence electrons. The fourth-order valence-corrected chi connectivity index (χ4v) is 3.11. The Balaban J connectivity index is 1.68. The highest BCUT2D eigenvalue weighted by Gasteiger charge is 2.23. The highest BCUT2D eigenvalue weighted by Crippen LogP contribution is 2.27. The van der Waals surface area contributed by atoms with Crippen molar-refractivity contribution in [3.63, 3.8) is 0 Å². The first-order chi connectivity index (χ1) is 9.65. The molecule has 2 nitrogen and oxygen atoms in total. The first-order valence-electron chi connectivity index (χ1n) is 7.61. The molecule has 0 aromatic heterocycles. The lowest BCUT2D eigenvalue weighted by atomic mass is 9.88. The van der Waals surface area contributed by atoms with Crippen LogP contribution in [-0.2, 0) is 11.2 Å². The van der Waals surface area contributed by atoms with Gasteiger partial charge in [0.05, 0.1) is 0 Å². The molecule has 0 radical (unpaired) electrons. The van der Waals surface area contributed by atoms with E-state index in [-0.39, 0.29) is 11.3 Å². The molecule has 0 heterocycles. The van der Waals surface area contributed by atoms with Crippen molar-refractivity contribution in [3.05, 3.63) is 35.4 Å². The maximum absolute atomic E-state index is 11.9. The summed E-state index contributed by atoms with van der Waals surface area (Å²) in [5.41, 5.74) is 2.47. The van der Waals surface area contributed by atoms with E-state index in [1.807, 2.05) is 0 Å². The molecule has 2 unspecified atom stereocenters. The number of hydrogen-bond acceptors (Lipinski definition) is 1. The van der Waals surface area contributed by atoms with Gasteiger partial charge in [-0.2, -0.15) is 0 Å². The Labute approximate surface area is 126 Å². The number of halogens is 1. The number of carbonyl (C=O) groups excluding carboxylic acids is 1. The lowest BCUT2D eigenvalue weighted by Crippen LogP contribution is -2.34. The van der Waals surface area contributed by atoms with E-state index in [0.717, 1.165) is 25.8 Å². The third kappa shape index (κ3) is 4.82. The molecule has 0 spiro atoms. The van der Waals surface area contributed by atoms with Crippen LogP contribution in [0.3, 0.4) is 0 Å². The maximum Gasteiger partial charge on any atom is 0.220 e. The molecule has 2 atom stereocenters. The predicted octanol–water partition coefficient (Wildman–Crippen LogP) is 3.84. The minimum atomic E-state index is 0.139. The van der Waals surface area contributed by atoms with Gasteiger partial charge in [-0.25, -0.2) is 0 Å². The van der Waals surface area contributed by atoms with Crippen molar-refractivity contribution >= 4 is 17.5 Å². The van der Waals surface area contributed by atoms with Crippen molar-refractivity contribution in [1.82, 2.24) is 5.32 Å². The summed E-state index contributed by atoms with van der Waals surface area (Å²) >= 11 is 6.30. The monoisotopic (exact) mass is 293 g/mol. The Morgan fingerprint density at radius 2 is 1.95 bits per heavy atom. The Morgan fingerprint density at radius 3 is 2.65 bits per heavy atom. The van der Waals surface area contributed by atoms with Gasteiger partial charge in [0, 0.05) is 18.3 Å². The van der Waals surface area contributed by atoms with Crippen LogP contribution in [0.4, 0.5) is 0 Å². The van der Waals surface area contributed by atoms with E-state index in [0.29, 0.717) is 12.3 Å². The van der Waals surface area contributed by atoms with Gasteiger partial charge in [-0.05, 0) is 37.7 Å². The summed E-state index contributed by atoms with van der Waals surface area (Å²) in [4.78, 5) is 11.9. The quantitative estimate of drug-likeness (QED) is 0.821. The number of rotatable bonds is 5. The molecule has 1 aromatic rings. The normalized spacial score (nSPS) is 22.5. The van der Waals surface area contributed by atoms with Crippen LogP contribution in [0.5, 0.6) is 0 Å². The first kappa shape index (κ1) is 15.4. The second kappa shape index (κ2) is 7.68. The highest BCUT2D eigenvalue weighted by atomic mass is 35.5. The second-order valence-electron chi connectivity index (χ2n) is 5.85. The molecule has 3 heteroatoms. The molecule has 20 heavy (non-hydrogen) atoms. The number of benzene rings is 1. The maximum atomic E-state index is 11.9. The van der Waals surface area contributed by atoms with Gasteiger partial charge in [-0.1, -0.05) is 42.7 Å². The molecule has 1 amide bonds. The van der Waals surface area contributed by atoms with E-state index in [4.69, 9.17) is 11.6 Å². The van der Waals surface area contributed by atoms with Crippen LogP contribution >= 0.6 is 11.6 Å². The van der Waals surface area contributed by atoms with Gasteiger partial charge in [0.25, 0.3) is 0 Å². The van der Waals surface area contributed by atoms with Crippen molar-refractivity contribution in [2.24, 2.45) is 5.92 Å². The van der Waals surface area contributed by atoms with E-state index < -0.39 is 0 Å². The first-order valence-corrected chi connectivity index (χ1v) is 8.05. The molecule has 1 saturated carbocycles. The van der Waals surface area contributed by atoms with Gasteiger partial charge < -0.3 is 5.32 Å². The zero-order valence-electron chi connectivity index (χ0n) is 12.2. The Kier molecular flexibility index (Phi) is 5.90. The van der Waals surface area contributed by atoms with Gasteiger partial charge in [0.1, 0.15) is 0 Å². The lowest BCUT2D eigenvalue weighted by Gasteiger charge is -2.27. The van der Waals surface area contributed by atoms with Gasteiger partial charge in [-0.15, -0.1) is 11.6 Å². The summed E-state index contributed by atoms with van der Waals surface area (Å²) in [5.74, 6) is 0.591. The van der Waals surface area contributed by atoms with Crippen LogP contribution in [0.2, 0.25) is 0 Å². The van der Waals surface area contributed by atoms with E-state index in [1.54, 1.807) is 0 Å². The Bertz CT molecular complexity index is 429. The van der Waals surface area contributed by atoms with Crippen molar-refractivity contribution in [2.75, 3.05) is 6.54 Å². The van der Waals surface area contributed by atoms with Crippen LogP contribution in [0, 0.1) is 12.8 Å². The van der Waals surface area contributed by atoms with Crippen LogP contribution in [0.1, 0.15) is 43.2 Å². The average molecular weight is 294 g/mol. The molecule has 1 aliphatic carbocycles. The Morgan fingerprint density at radius 1 is 1.25 bits per heavy atom. The van der Waals surface area contributed by atoms with Gasteiger partial charge in [0.2, 0.25) is 5.91 Å². The fourth-order valence-electron chi connectivity index (χ4n) is 2.74. The van der Waals surface area contributed by atoms with Gasteiger partial charge >= 0.3 is 0 Å². The van der Waals surface area contributed by atoms with Crippen molar-refractivity contribution in [1.29, 1.82) is 0 Å². The summed E-state index contributed by atoms with van der Waals surface area (Å²) in [6.45, 7) is 2.81. The minimum absolute atomic E-state index is 0.139. The summed E-state index contributed by atoms with van der Waals surface area (Å²) in [5, 5.41) is 3.28. The molecule has 1 fully saturated rings. The third-order valence-electron chi connectivity index (χ3n) is 4.14. The van der Waals surface area contributed by atoms with Crippen molar-refractivity contribution < 1.29 is 4.79 Å². The van der Waals surface area contributed by atoms with Crippen molar-refractivity contribution in [3.8, 4) is 0 Å². The van der Waals surface area contributed by atoms with Gasteiger partial charge in [-0.3, -0.25) is 4.79 Å². The molecular weight excluding hydrogens is 270 g/mol. The van der Waals surface area contributed by atoms with Gasteiger partial charge in [0.15, 0.2) is 0 Å². The summed E-state index contributed by atoms with van der Waals surface area (Å²) in [7, 11) is 0. The smallest absolute Gasteiger partial charge is 0.220 e. The summed E-state index contributed by atoms with van der Waals surface area (Å²) in [6.07, 6.45) is 6.07. The SMILES string of the molecule is Cc1ccc(CCC(=O)NCC2CCCCC2Cl)cc1. The lowest BCUT2D eigenvalue weighted by molar-refractivity contribution is -0.121. The van der Waals surface area contributed by atoms with Crippen LogP contribution in [-0.4, -0.2) is 17.8 Å².